The molecular weight excluding hydrogens is 508 g/mol. The normalized spacial score (nSPS) is 11.5. The predicted molar refractivity (Wildman–Crippen MR) is 157 cm³/mol. The second kappa shape index (κ2) is 9.71. The zero-order chi connectivity index (χ0) is 27.3. The molecule has 0 radical (unpaired) electrons. The number of aryl methyl sites for hydroxylation is 2. The molecule has 1 N–H and O–H groups in total. The third kappa shape index (κ3) is 4.17. The van der Waals surface area contributed by atoms with Gasteiger partial charge in [-0.15, -0.1) is 0 Å². The van der Waals surface area contributed by atoms with Gasteiger partial charge in [-0.2, -0.15) is 0 Å². The Morgan fingerprint density at radius 3 is 2.44 bits per heavy atom. The first-order valence-corrected chi connectivity index (χ1v) is 13.3. The van der Waals surface area contributed by atoms with Gasteiger partial charge in [0, 0.05) is 24.1 Å². The van der Waals surface area contributed by atoms with Gasteiger partial charge in [-0.25, -0.2) is 14.8 Å². The first kappa shape index (κ1) is 24.9. The van der Waals surface area contributed by atoms with Crippen LogP contribution in [0.5, 0.6) is 0 Å². The summed E-state index contributed by atoms with van der Waals surface area (Å²) in [6.45, 7) is 4.00. The molecule has 0 amide bonds. The van der Waals surface area contributed by atoms with Crippen molar-refractivity contribution in [3.05, 3.63) is 101 Å². The largest absolute Gasteiger partial charge is 0.478 e. The maximum atomic E-state index is 12.6. The van der Waals surface area contributed by atoms with E-state index < -0.39 is 5.97 Å². The lowest BCUT2D eigenvalue weighted by atomic mass is 9.94. The summed E-state index contributed by atoms with van der Waals surface area (Å²) in [5, 5.41) is 10.9. The van der Waals surface area contributed by atoms with Crippen LogP contribution < -0.4 is 0 Å². The topological polar surface area (TPSA) is 72.9 Å². The standard InChI is InChI=1S/C32H27ClN4O2/c1-4-8-29-34-24-14-11-21(31-35-25-18-22(33)12-15-27(25)36(31)3)17-28(24)37(29)26-16-13-23(20-9-6-5-7-10-20)30(19(26)2)32(38)39/h5-7,9-18H,4,8H2,1-3H3,(H,38,39). The molecule has 6 aromatic rings. The smallest absolute Gasteiger partial charge is 0.336 e. The molecule has 0 saturated heterocycles. The number of aromatic nitrogens is 4. The van der Waals surface area contributed by atoms with Crippen molar-refractivity contribution >= 4 is 39.6 Å². The molecule has 0 aliphatic rings. The van der Waals surface area contributed by atoms with Crippen molar-refractivity contribution in [1.29, 1.82) is 0 Å². The van der Waals surface area contributed by atoms with Gasteiger partial charge in [-0.1, -0.05) is 54.9 Å². The second-order valence-electron chi connectivity index (χ2n) is 9.75. The minimum absolute atomic E-state index is 0.298. The van der Waals surface area contributed by atoms with Crippen LogP contribution >= 0.6 is 11.6 Å². The van der Waals surface area contributed by atoms with E-state index in [2.05, 4.69) is 22.1 Å². The zero-order valence-corrected chi connectivity index (χ0v) is 22.7. The Kier molecular flexibility index (Phi) is 6.20. The molecule has 2 aromatic heterocycles. The number of nitrogens with zero attached hydrogens (tertiary/aromatic N) is 4. The van der Waals surface area contributed by atoms with Crippen LogP contribution in [0.3, 0.4) is 0 Å². The molecule has 6 nitrogen and oxygen atoms in total. The summed E-state index contributed by atoms with van der Waals surface area (Å²) in [6.07, 6.45) is 1.67. The molecule has 6 rings (SSSR count). The monoisotopic (exact) mass is 534 g/mol. The highest BCUT2D eigenvalue weighted by Gasteiger charge is 2.22. The van der Waals surface area contributed by atoms with Gasteiger partial charge in [0.25, 0.3) is 0 Å². The van der Waals surface area contributed by atoms with Crippen molar-refractivity contribution in [1.82, 2.24) is 19.1 Å². The molecule has 194 valence electrons. The van der Waals surface area contributed by atoms with E-state index >= 15 is 0 Å². The molecule has 39 heavy (non-hydrogen) atoms. The lowest BCUT2D eigenvalue weighted by Crippen LogP contribution is -2.09. The van der Waals surface area contributed by atoms with Crippen LogP contribution in [0.1, 0.15) is 35.1 Å². The second-order valence-corrected chi connectivity index (χ2v) is 10.2. The number of hydrogen-bond donors (Lipinski definition) is 1. The number of rotatable bonds is 6. The Labute approximate surface area is 231 Å². The third-order valence-corrected chi connectivity index (χ3v) is 7.51. The summed E-state index contributed by atoms with van der Waals surface area (Å²) in [5.74, 6) is 0.767. The van der Waals surface area contributed by atoms with E-state index in [1.165, 1.54) is 0 Å². The van der Waals surface area contributed by atoms with Gasteiger partial charge in [-0.3, -0.25) is 4.57 Å². The van der Waals surface area contributed by atoms with Crippen molar-refractivity contribution in [3.8, 4) is 28.2 Å². The quantitative estimate of drug-likeness (QED) is 0.236. The van der Waals surface area contributed by atoms with Gasteiger partial charge >= 0.3 is 5.97 Å². The highest BCUT2D eigenvalue weighted by atomic mass is 35.5. The van der Waals surface area contributed by atoms with Crippen LogP contribution in [-0.4, -0.2) is 30.2 Å². The predicted octanol–water partition coefficient (Wildman–Crippen LogP) is 7.86. The van der Waals surface area contributed by atoms with E-state index in [1.807, 2.05) is 86.8 Å². The van der Waals surface area contributed by atoms with Crippen molar-refractivity contribution < 1.29 is 9.90 Å². The number of hydrogen-bond acceptors (Lipinski definition) is 3. The van der Waals surface area contributed by atoms with Gasteiger partial charge < -0.3 is 9.67 Å². The van der Waals surface area contributed by atoms with E-state index in [0.717, 1.165) is 63.4 Å². The lowest BCUT2D eigenvalue weighted by Gasteiger charge is -2.17. The maximum Gasteiger partial charge on any atom is 0.336 e. The van der Waals surface area contributed by atoms with Crippen LogP contribution in [0.15, 0.2) is 78.9 Å². The van der Waals surface area contributed by atoms with Gasteiger partial charge in [0.05, 0.1) is 33.3 Å². The summed E-state index contributed by atoms with van der Waals surface area (Å²) in [7, 11) is 1.99. The number of aromatic carboxylic acids is 1. The molecule has 0 aliphatic carbocycles. The number of benzene rings is 4. The number of halogens is 1. The van der Waals surface area contributed by atoms with Crippen molar-refractivity contribution in [3.63, 3.8) is 0 Å². The molecular formula is C32H27ClN4O2. The maximum absolute atomic E-state index is 12.6. The van der Waals surface area contributed by atoms with E-state index in [4.69, 9.17) is 21.6 Å². The SMILES string of the molecule is CCCc1nc2ccc(-c3nc4cc(Cl)ccc4n3C)cc2n1-c1ccc(-c2ccccc2)c(C(=O)O)c1C. The average Bonchev–Trinajstić information content (AvgIpc) is 3.45. The minimum Gasteiger partial charge on any atom is -0.478 e. The fraction of sp³-hybridized carbons (Fsp3) is 0.156. The van der Waals surface area contributed by atoms with Crippen LogP contribution in [0.25, 0.3) is 50.3 Å². The first-order valence-electron chi connectivity index (χ1n) is 12.9. The Morgan fingerprint density at radius 1 is 0.897 bits per heavy atom. The van der Waals surface area contributed by atoms with Crippen molar-refractivity contribution in [2.45, 2.75) is 26.7 Å². The summed E-state index contributed by atoms with van der Waals surface area (Å²) in [6, 6.07) is 25.4. The third-order valence-electron chi connectivity index (χ3n) is 7.27. The number of carbonyl (C=O) groups is 1. The van der Waals surface area contributed by atoms with Gasteiger partial charge in [-0.05, 0) is 72.5 Å². The molecule has 0 fully saturated rings. The molecule has 0 unspecified atom stereocenters. The van der Waals surface area contributed by atoms with E-state index in [0.29, 0.717) is 21.7 Å². The first-order chi connectivity index (χ1) is 18.9. The van der Waals surface area contributed by atoms with E-state index in [9.17, 15) is 9.90 Å². The fourth-order valence-corrected chi connectivity index (χ4v) is 5.60. The molecule has 0 saturated carbocycles. The summed E-state index contributed by atoms with van der Waals surface area (Å²) < 4.78 is 4.17. The highest BCUT2D eigenvalue weighted by Crippen LogP contribution is 2.34. The summed E-state index contributed by atoms with van der Waals surface area (Å²) in [4.78, 5) is 22.4. The Morgan fingerprint density at radius 2 is 1.69 bits per heavy atom. The molecule has 7 heteroatoms. The van der Waals surface area contributed by atoms with Crippen LogP contribution in [0.4, 0.5) is 0 Å². The lowest BCUT2D eigenvalue weighted by molar-refractivity contribution is 0.0697. The molecule has 2 heterocycles. The molecule has 0 atom stereocenters. The Bertz CT molecular complexity index is 1890. The van der Waals surface area contributed by atoms with E-state index in [-0.39, 0.29) is 0 Å². The van der Waals surface area contributed by atoms with Crippen molar-refractivity contribution in [2.24, 2.45) is 7.05 Å². The molecule has 0 spiro atoms. The minimum atomic E-state index is -0.950. The van der Waals surface area contributed by atoms with Gasteiger partial charge in [0.15, 0.2) is 0 Å². The Hall–Kier alpha value is -4.42. The molecule has 0 aliphatic heterocycles. The van der Waals surface area contributed by atoms with Gasteiger partial charge in [0.1, 0.15) is 11.6 Å². The van der Waals surface area contributed by atoms with Crippen LogP contribution in [-0.2, 0) is 13.5 Å². The molecule has 4 aromatic carbocycles. The number of fused-ring (bicyclic) bond motifs is 2. The zero-order valence-electron chi connectivity index (χ0n) is 21.9. The van der Waals surface area contributed by atoms with Gasteiger partial charge in [0.2, 0.25) is 0 Å². The molecule has 0 bridgehead atoms. The highest BCUT2D eigenvalue weighted by molar-refractivity contribution is 6.31. The summed E-state index contributed by atoms with van der Waals surface area (Å²) >= 11 is 6.22. The number of carboxylic acids is 1. The average molecular weight is 535 g/mol. The number of imidazole rings is 2. The fourth-order valence-electron chi connectivity index (χ4n) is 5.43. The summed E-state index contributed by atoms with van der Waals surface area (Å²) in [5.41, 5.74) is 7.91. The van der Waals surface area contributed by atoms with E-state index in [1.54, 1.807) is 0 Å². The number of carboxylic acid groups (broad SMARTS) is 1. The Balaban J connectivity index is 1.59. The van der Waals surface area contributed by atoms with Crippen LogP contribution in [0, 0.1) is 6.92 Å². The van der Waals surface area contributed by atoms with Crippen LogP contribution in [0.2, 0.25) is 5.02 Å². The van der Waals surface area contributed by atoms with Crippen molar-refractivity contribution in [2.75, 3.05) is 0 Å².